The van der Waals surface area contributed by atoms with Crippen molar-refractivity contribution in [2.45, 2.75) is 50.7 Å². The third kappa shape index (κ3) is 3.94. The van der Waals surface area contributed by atoms with Crippen LogP contribution in [0.15, 0.2) is 42.5 Å². The Bertz CT molecular complexity index is 1990. The minimum atomic E-state index is -0.417. The molecular weight excluding hydrogens is 553 g/mol. The lowest BCUT2D eigenvalue weighted by atomic mass is 9.79. The average molecular weight is 590 g/mol. The molecule has 3 aromatic carbocycles. The van der Waals surface area contributed by atoms with Crippen molar-refractivity contribution in [3.8, 4) is 22.9 Å². The molecule has 0 amide bonds. The molecule has 3 aliphatic heterocycles. The van der Waals surface area contributed by atoms with Gasteiger partial charge in [-0.25, -0.2) is 14.4 Å². The van der Waals surface area contributed by atoms with Crippen LogP contribution < -0.4 is 10.2 Å². The van der Waals surface area contributed by atoms with Crippen LogP contribution in [0.1, 0.15) is 37.2 Å². The summed E-state index contributed by atoms with van der Waals surface area (Å²) in [6.07, 6.45) is 2.55. The molecule has 1 aliphatic carbocycles. The molecule has 3 atom stereocenters. The zero-order valence-corrected chi connectivity index (χ0v) is 25.3. The van der Waals surface area contributed by atoms with Crippen molar-refractivity contribution in [1.29, 1.82) is 5.26 Å². The van der Waals surface area contributed by atoms with Gasteiger partial charge in [-0.05, 0) is 73.0 Å². The number of aryl methyl sites for hydroxylation is 2. The van der Waals surface area contributed by atoms with Crippen molar-refractivity contribution in [1.82, 2.24) is 24.8 Å². The molecule has 4 aliphatic rings. The van der Waals surface area contributed by atoms with Gasteiger partial charge in [0.15, 0.2) is 11.6 Å². The number of phenols is 1. The summed E-state index contributed by atoms with van der Waals surface area (Å²) in [7, 11) is 4.17. The van der Waals surface area contributed by atoms with Crippen molar-refractivity contribution < 1.29 is 9.50 Å². The average Bonchev–Trinajstić information content (AvgIpc) is 3.71. The molecule has 1 saturated carbocycles. The highest BCUT2D eigenvalue weighted by Crippen LogP contribution is 2.49. The molecule has 5 aromatic rings. The van der Waals surface area contributed by atoms with Crippen LogP contribution in [-0.4, -0.2) is 70.4 Å². The summed E-state index contributed by atoms with van der Waals surface area (Å²) in [4.78, 5) is 14.7. The van der Waals surface area contributed by atoms with Gasteiger partial charge in [0.05, 0.1) is 17.6 Å². The maximum atomic E-state index is 17.4. The number of hydrogen-bond donors (Lipinski definition) is 2. The fraction of sp³-hybridized carbons (Fsp3) is 0.400. The SMILES string of the molecule is CCc1nc2c(N3CC(N(C)C)C3)nc3c(F)c(-c4cc(O)cc5ccccc45)c(CCC#N)cc3c2n1C1C2CNC1C2. The molecule has 2 aromatic heterocycles. The molecule has 4 fully saturated rings. The van der Waals surface area contributed by atoms with E-state index in [1.54, 1.807) is 12.1 Å². The number of rotatable bonds is 7. The summed E-state index contributed by atoms with van der Waals surface area (Å²) in [6.45, 7) is 4.73. The molecule has 44 heavy (non-hydrogen) atoms. The number of phenolic OH excluding ortho intramolecular Hbond substituents is 1. The Hall–Kier alpha value is -4.26. The number of benzene rings is 3. The predicted molar refractivity (Wildman–Crippen MR) is 172 cm³/mol. The van der Waals surface area contributed by atoms with E-state index in [1.807, 2.05) is 30.3 Å². The van der Waals surface area contributed by atoms with E-state index in [1.165, 1.54) is 0 Å². The number of anilines is 1. The number of nitrogens with one attached hydrogen (secondary N) is 1. The molecule has 3 unspecified atom stereocenters. The van der Waals surface area contributed by atoms with E-state index in [4.69, 9.17) is 9.97 Å². The first-order chi connectivity index (χ1) is 21.4. The van der Waals surface area contributed by atoms with Crippen LogP contribution in [0.2, 0.25) is 0 Å². The second-order valence-electron chi connectivity index (χ2n) is 12.9. The molecule has 2 N–H and O–H groups in total. The number of aromatic nitrogens is 3. The number of aromatic hydroxyl groups is 1. The molecule has 3 saturated heterocycles. The topological polar surface area (TPSA) is 93.2 Å². The highest BCUT2D eigenvalue weighted by Gasteiger charge is 2.49. The van der Waals surface area contributed by atoms with Crippen LogP contribution in [0.4, 0.5) is 10.2 Å². The smallest absolute Gasteiger partial charge is 0.157 e. The van der Waals surface area contributed by atoms with Crippen LogP contribution in [-0.2, 0) is 12.8 Å². The second kappa shape index (κ2) is 10.1. The Morgan fingerprint density at radius 2 is 1.93 bits per heavy atom. The number of imidazole rings is 1. The predicted octanol–water partition coefficient (Wildman–Crippen LogP) is 5.55. The van der Waals surface area contributed by atoms with Crippen LogP contribution in [0.25, 0.3) is 43.8 Å². The number of nitrogens with zero attached hydrogens (tertiary/aromatic N) is 6. The monoisotopic (exact) mass is 589 g/mol. The molecule has 9 rings (SSSR count). The van der Waals surface area contributed by atoms with Crippen molar-refractivity contribution in [3.05, 3.63) is 59.7 Å². The summed E-state index contributed by atoms with van der Waals surface area (Å²) in [6, 6.07) is 16.4. The number of nitriles is 1. The zero-order chi connectivity index (χ0) is 30.3. The summed E-state index contributed by atoms with van der Waals surface area (Å²) < 4.78 is 19.8. The van der Waals surface area contributed by atoms with Crippen molar-refractivity contribution in [2.24, 2.45) is 5.92 Å². The molecule has 0 spiro atoms. The maximum absolute atomic E-state index is 17.4. The number of likely N-dealkylation sites (N-methyl/N-ethyl adjacent to an activating group) is 1. The Morgan fingerprint density at radius 3 is 2.64 bits per heavy atom. The van der Waals surface area contributed by atoms with Gasteiger partial charge in [0.25, 0.3) is 0 Å². The molecule has 8 nitrogen and oxygen atoms in total. The first kappa shape index (κ1) is 27.3. The van der Waals surface area contributed by atoms with E-state index >= 15 is 4.39 Å². The minimum Gasteiger partial charge on any atom is -0.508 e. The van der Waals surface area contributed by atoms with Gasteiger partial charge in [-0.15, -0.1) is 0 Å². The van der Waals surface area contributed by atoms with Gasteiger partial charge in [-0.2, -0.15) is 5.26 Å². The van der Waals surface area contributed by atoms with E-state index < -0.39 is 5.82 Å². The second-order valence-corrected chi connectivity index (χ2v) is 12.9. The lowest BCUT2D eigenvalue weighted by Gasteiger charge is -2.43. The van der Waals surface area contributed by atoms with E-state index in [2.05, 4.69) is 46.8 Å². The van der Waals surface area contributed by atoms with Crippen LogP contribution in [0.3, 0.4) is 0 Å². The largest absolute Gasteiger partial charge is 0.508 e. The van der Waals surface area contributed by atoms with Gasteiger partial charge in [0.2, 0.25) is 0 Å². The first-order valence-electron chi connectivity index (χ1n) is 15.7. The molecule has 9 heteroatoms. The van der Waals surface area contributed by atoms with E-state index in [0.29, 0.717) is 41.1 Å². The first-order valence-corrected chi connectivity index (χ1v) is 15.7. The van der Waals surface area contributed by atoms with E-state index in [-0.39, 0.29) is 18.2 Å². The normalized spacial score (nSPS) is 21.4. The van der Waals surface area contributed by atoms with Crippen LogP contribution in [0, 0.1) is 23.1 Å². The third-order valence-corrected chi connectivity index (χ3v) is 10.2. The van der Waals surface area contributed by atoms with E-state index in [9.17, 15) is 10.4 Å². The molecule has 2 bridgehead atoms. The van der Waals surface area contributed by atoms with Crippen LogP contribution >= 0.6 is 0 Å². The molecule has 0 radical (unpaired) electrons. The fourth-order valence-corrected chi connectivity index (χ4v) is 7.80. The van der Waals surface area contributed by atoms with Gasteiger partial charge >= 0.3 is 0 Å². The molecule has 224 valence electrons. The van der Waals surface area contributed by atoms with Gasteiger partial charge in [-0.1, -0.05) is 31.2 Å². The molecular formula is C35H36FN7O. The van der Waals surface area contributed by atoms with E-state index in [0.717, 1.165) is 76.9 Å². The summed E-state index contributed by atoms with van der Waals surface area (Å²) in [5.41, 5.74) is 3.84. The standard InChI is InChI=1S/C35H36FN7O/c1-4-28-39-32-34(43(28)33-21-14-27(33)38-16-21)26-13-20(9-7-11-37)29(25-15-23(44)12-19-8-5-6-10-24(19)25)30(36)31(26)40-35(32)42-17-22(18-42)41(2)3/h5-6,8,10,12-13,15,21-22,27,33,38,44H,4,7,9,14,16-18H2,1-3H3. The van der Waals surface area contributed by atoms with Crippen LogP contribution in [0.5, 0.6) is 5.75 Å². The fourth-order valence-electron chi connectivity index (χ4n) is 7.80. The summed E-state index contributed by atoms with van der Waals surface area (Å²) >= 11 is 0. The maximum Gasteiger partial charge on any atom is 0.157 e. The summed E-state index contributed by atoms with van der Waals surface area (Å²) in [5.74, 6) is 1.92. The Labute approximate surface area is 255 Å². The van der Waals surface area contributed by atoms with Gasteiger partial charge in [-0.3, -0.25) is 0 Å². The number of halogens is 1. The van der Waals surface area contributed by atoms with Gasteiger partial charge in [0.1, 0.15) is 22.6 Å². The Balaban J connectivity index is 1.46. The molecule has 5 heterocycles. The third-order valence-electron chi connectivity index (χ3n) is 10.2. The van der Waals surface area contributed by atoms with Crippen molar-refractivity contribution in [2.75, 3.05) is 38.6 Å². The quantitative estimate of drug-likeness (QED) is 0.257. The zero-order valence-electron chi connectivity index (χ0n) is 25.3. The number of fused-ring (bicyclic) bond motifs is 5. The lowest BCUT2D eigenvalue weighted by molar-refractivity contribution is 0.221. The number of hydrogen-bond acceptors (Lipinski definition) is 7. The van der Waals surface area contributed by atoms with Crippen molar-refractivity contribution in [3.63, 3.8) is 0 Å². The lowest BCUT2D eigenvalue weighted by Crippen LogP contribution is -2.57. The van der Waals surface area contributed by atoms with Gasteiger partial charge in [0, 0.05) is 55.5 Å². The Kier molecular flexibility index (Phi) is 6.30. The minimum absolute atomic E-state index is 0.0717. The highest BCUT2D eigenvalue weighted by molar-refractivity contribution is 6.10. The number of pyridine rings is 1. The van der Waals surface area contributed by atoms with Gasteiger partial charge < -0.3 is 24.8 Å². The van der Waals surface area contributed by atoms with Crippen molar-refractivity contribution >= 4 is 38.5 Å². The summed E-state index contributed by atoms with van der Waals surface area (Å²) in [5, 5.41) is 26.4. The highest BCUT2D eigenvalue weighted by atomic mass is 19.1. The Morgan fingerprint density at radius 1 is 1.11 bits per heavy atom.